The first-order valence-corrected chi connectivity index (χ1v) is 9.39. The van der Waals surface area contributed by atoms with Crippen molar-refractivity contribution in [1.82, 2.24) is 9.66 Å². The fraction of sp³-hybridized carbons (Fsp3) is 0.190. The highest BCUT2D eigenvalue weighted by Gasteiger charge is 2.13. The highest BCUT2D eigenvalue weighted by Crippen LogP contribution is 2.19. The molecule has 27 heavy (non-hydrogen) atoms. The summed E-state index contributed by atoms with van der Waals surface area (Å²) in [5.41, 5.74) is 1.30. The zero-order chi connectivity index (χ0) is 19.4. The van der Waals surface area contributed by atoms with E-state index in [1.807, 2.05) is 50.2 Å². The molecule has 2 aromatic carbocycles. The number of nitrogens with zero attached hydrogens (tertiary/aromatic N) is 3. The van der Waals surface area contributed by atoms with Crippen molar-refractivity contribution in [3.05, 3.63) is 81.3 Å². The molecule has 0 atom stereocenters. The van der Waals surface area contributed by atoms with Gasteiger partial charge in [0, 0.05) is 10.4 Å². The summed E-state index contributed by atoms with van der Waals surface area (Å²) in [6.07, 6.45) is 3.33. The zero-order valence-electron chi connectivity index (χ0n) is 15.2. The molecule has 0 saturated carbocycles. The molecule has 138 valence electrons. The van der Waals surface area contributed by atoms with Crippen molar-refractivity contribution in [1.29, 1.82) is 0 Å². The number of ether oxygens (including phenoxy) is 1. The molecule has 0 aliphatic heterocycles. The van der Waals surface area contributed by atoms with Gasteiger partial charge >= 0.3 is 0 Å². The van der Waals surface area contributed by atoms with E-state index < -0.39 is 0 Å². The van der Waals surface area contributed by atoms with Gasteiger partial charge in [0.25, 0.3) is 5.56 Å². The molecule has 0 unspecified atom stereocenters. The maximum Gasteiger partial charge on any atom is 0.282 e. The van der Waals surface area contributed by atoms with Gasteiger partial charge in [0.1, 0.15) is 18.2 Å². The lowest BCUT2D eigenvalue weighted by Gasteiger charge is -2.12. The first-order chi connectivity index (χ1) is 13.0. The third kappa shape index (κ3) is 4.34. The van der Waals surface area contributed by atoms with Gasteiger partial charge in [-0.05, 0) is 35.9 Å². The number of rotatable bonds is 6. The minimum Gasteiger partial charge on any atom is -0.490 e. The minimum atomic E-state index is -0.194. The van der Waals surface area contributed by atoms with E-state index in [1.165, 1.54) is 4.68 Å². The van der Waals surface area contributed by atoms with Gasteiger partial charge in [-0.15, -0.1) is 0 Å². The topological polar surface area (TPSA) is 56.5 Å². The summed E-state index contributed by atoms with van der Waals surface area (Å²) in [4.78, 5) is 17.6. The third-order valence-electron chi connectivity index (χ3n) is 3.90. The zero-order valence-corrected chi connectivity index (χ0v) is 16.8. The van der Waals surface area contributed by atoms with E-state index in [0.717, 1.165) is 15.8 Å². The summed E-state index contributed by atoms with van der Waals surface area (Å²) < 4.78 is 7.74. The van der Waals surface area contributed by atoms with Crippen molar-refractivity contribution in [2.75, 3.05) is 6.61 Å². The summed E-state index contributed by atoms with van der Waals surface area (Å²) >= 11 is 3.41. The van der Waals surface area contributed by atoms with Crippen molar-refractivity contribution < 1.29 is 4.74 Å². The molecule has 0 bridgehead atoms. The lowest BCUT2D eigenvalue weighted by molar-refractivity contribution is 0.363. The van der Waals surface area contributed by atoms with Crippen LogP contribution >= 0.6 is 15.9 Å². The summed E-state index contributed by atoms with van der Waals surface area (Å²) in [6.45, 7) is 8.05. The van der Waals surface area contributed by atoms with Crippen LogP contribution in [0.3, 0.4) is 0 Å². The van der Waals surface area contributed by atoms with Gasteiger partial charge < -0.3 is 4.74 Å². The second kappa shape index (κ2) is 8.31. The monoisotopic (exact) mass is 425 g/mol. The average Bonchev–Trinajstić information content (AvgIpc) is 2.66. The van der Waals surface area contributed by atoms with Crippen LogP contribution in [-0.4, -0.2) is 22.5 Å². The molecular weight excluding hydrogens is 406 g/mol. The first-order valence-electron chi connectivity index (χ1n) is 8.60. The van der Waals surface area contributed by atoms with Crippen LogP contribution in [0.2, 0.25) is 0 Å². The molecule has 0 amide bonds. The lowest BCUT2D eigenvalue weighted by Crippen LogP contribution is -2.23. The largest absolute Gasteiger partial charge is 0.490 e. The molecule has 0 spiro atoms. The molecule has 6 heteroatoms. The van der Waals surface area contributed by atoms with Crippen molar-refractivity contribution >= 4 is 33.0 Å². The van der Waals surface area contributed by atoms with Crippen LogP contribution in [0.15, 0.2) is 69.5 Å². The molecule has 3 aromatic rings. The molecule has 0 radical (unpaired) electrons. The Morgan fingerprint density at radius 1 is 1.30 bits per heavy atom. The number of benzene rings is 2. The summed E-state index contributed by atoms with van der Waals surface area (Å²) in [6, 6.07) is 13.0. The second-order valence-electron chi connectivity index (χ2n) is 6.32. The molecule has 5 nitrogen and oxygen atoms in total. The van der Waals surface area contributed by atoms with E-state index >= 15 is 0 Å². The van der Waals surface area contributed by atoms with Gasteiger partial charge in [0.05, 0.1) is 17.1 Å². The van der Waals surface area contributed by atoms with Gasteiger partial charge in [-0.3, -0.25) is 4.79 Å². The standard InChI is InChI=1S/C21H20BrN3O2/c1-4-10-27-17-7-5-6-15(11-17)13-23-25-20(14(2)3)24-19-9-8-16(22)12-18(19)21(25)26/h4-9,11-14H,1,10H2,2-3H3. The molecule has 0 saturated heterocycles. The minimum absolute atomic E-state index is 0.0464. The Labute approximate surface area is 166 Å². The van der Waals surface area contributed by atoms with Crippen molar-refractivity contribution in [3.63, 3.8) is 0 Å². The summed E-state index contributed by atoms with van der Waals surface area (Å²) in [5.74, 6) is 1.38. The van der Waals surface area contributed by atoms with Crippen LogP contribution < -0.4 is 10.3 Å². The molecule has 0 aliphatic rings. The Balaban J connectivity index is 2.06. The van der Waals surface area contributed by atoms with E-state index in [0.29, 0.717) is 23.3 Å². The van der Waals surface area contributed by atoms with E-state index in [1.54, 1.807) is 18.4 Å². The predicted molar refractivity (Wildman–Crippen MR) is 113 cm³/mol. The maximum absolute atomic E-state index is 13.0. The highest BCUT2D eigenvalue weighted by atomic mass is 79.9. The van der Waals surface area contributed by atoms with Gasteiger partial charge in [-0.25, -0.2) is 4.98 Å². The van der Waals surface area contributed by atoms with Gasteiger partial charge in [0.15, 0.2) is 0 Å². The Morgan fingerprint density at radius 2 is 2.11 bits per heavy atom. The van der Waals surface area contributed by atoms with Crippen molar-refractivity contribution in [2.45, 2.75) is 19.8 Å². The normalized spacial score (nSPS) is 11.4. The predicted octanol–water partition coefficient (Wildman–Crippen LogP) is 4.73. The van der Waals surface area contributed by atoms with Crippen molar-refractivity contribution in [2.24, 2.45) is 5.10 Å². The SMILES string of the molecule is C=CCOc1cccc(C=Nn2c(C(C)C)nc3ccc(Br)cc3c2=O)c1. The quantitative estimate of drug-likeness (QED) is 0.423. The first kappa shape index (κ1) is 19.0. The fourth-order valence-corrected chi connectivity index (χ4v) is 2.98. The number of aromatic nitrogens is 2. The van der Waals surface area contributed by atoms with E-state index in [-0.39, 0.29) is 11.5 Å². The van der Waals surface area contributed by atoms with Gasteiger partial charge in [-0.1, -0.05) is 54.6 Å². The van der Waals surface area contributed by atoms with Crippen LogP contribution in [-0.2, 0) is 0 Å². The van der Waals surface area contributed by atoms with Crippen LogP contribution in [0.25, 0.3) is 10.9 Å². The number of hydrogen-bond acceptors (Lipinski definition) is 4. The highest BCUT2D eigenvalue weighted by molar-refractivity contribution is 9.10. The summed E-state index contributed by atoms with van der Waals surface area (Å²) in [7, 11) is 0. The van der Waals surface area contributed by atoms with Crippen LogP contribution in [0.4, 0.5) is 0 Å². The van der Waals surface area contributed by atoms with E-state index in [2.05, 4.69) is 32.6 Å². The Kier molecular flexibility index (Phi) is 5.86. The fourth-order valence-electron chi connectivity index (χ4n) is 2.62. The van der Waals surface area contributed by atoms with E-state index in [9.17, 15) is 4.79 Å². The number of halogens is 1. The number of hydrogen-bond donors (Lipinski definition) is 0. The summed E-state index contributed by atoms with van der Waals surface area (Å²) in [5, 5.41) is 4.95. The van der Waals surface area contributed by atoms with Gasteiger partial charge in [0.2, 0.25) is 0 Å². The molecular formula is C21H20BrN3O2. The third-order valence-corrected chi connectivity index (χ3v) is 4.39. The molecule has 0 N–H and O–H groups in total. The second-order valence-corrected chi connectivity index (χ2v) is 7.24. The Morgan fingerprint density at radius 3 is 2.85 bits per heavy atom. The van der Waals surface area contributed by atoms with Crippen LogP contribution in [0.1, 0.15) is 31.2 Å². The van der Waals surface area contributed by atoms with Crippen molar-refractivity contribution in [3.8, 4) is 5.75 Å². The smallest absolute Gasteiger partial charge is 0.282 e. The van der Waals surface area contributed by atoms with Gasteiger partial charge in [-0.2, -0.15) is 9.78 Å². The van der Waals surface area contributed by atoms with Crippen LogP contribution in [0, 0.1) is 0 Å². The maximum atomic E-state index is 13.0. The van der Waals surface area contributed by atoms with Crippen LogP contribution in [0.5, 0.6) is 5.75 Å². The molecule has 1 heterocycles. The average molecular weight is 426 g/mol. The molecule has 0 aliphatic carbocycles. The molecule has 0 fully saturated rings. The number of fused-ring (bicyclic) bond motifs is 1. The Hall–Kier alpha value is -2.73. The van der Waals surface area contributed by atoms with E-state index in [4.69, 9.17) is 4.74 Å². The molecule has 1 aromatic heterocycles. The molecule has 3 rings (SSSR count). The lowest BCUT2D eigenvalue weighted by atomic mass is 10.2. The Bertz CT molecular complexity index is 1070.